The largest absolute Gasteiger partial charge is 0.476 e. The van der Waals surface area contributed by atoms with Gasteiger partial charge in [0, 0.05) is 11.5 Å². The van der Waals surface area contributed by atoms with Crippen LogP contribution in [0, 0.1) is 5.92 Å². The number of fused-ring (bicyclic) bond motifs is 3. The summed E-state index contributed by atoms with van der Waals surface area (Å²) in [4.78, 5) is 11.2. The Kier molecular flexibility index (Phi) is 2.04. The number of rotatable bonds is 2. The molecule has 2 aliphatic carbocycles. The lowest BCUT2D eigenvalue weighted by molar-refractivity contribution is 0.0688. The van der Waals surface area contributed by atoms with Crippen LogP contribution in [-0.2, 0) is 6.42 Å². The summed E-state index contributed by atoms with van der Waals surface area (Å²) in [5.41, 5.74) is 1.98. The quantitative estimate of drug-likeness (QED) is 0.902. The van der Waals surface area contributed by atoms with Gasteiger partial charge in [0.25, 0.3) is 0 Å². The van der Waals surface area contributed by atoms with E-state index in [4.69, 9.17) is 11.6 Å². The summed E-state index contributed by atoms with van der Waals surface area (Å²) >= 11 is 5.71. The summed E-state index contributed by atoms with van der Waals surface area (Å²) in [5.74, 6) is 0.532. The van der Waals surface area contributed by atoms with Crippen LogP contribution in [0.25, 0.3) is 5.82 Å². The van der Waals surface area contributed by atoms with Crippen molar-refractivity contribution in [1.82, 2.24) is 20.0 Å². The van der Waals surface area contributed by atoms with Crippen LogP contribution in [0.5, 0.6) is 0 Å². The lowest BCUT2D eigenvalue weighted by Gasteiger charge is -2.03. The van der Waals surface area contributed by atoms with E-state index in [0.717, 1.165) is 24.1 Å². The van der Waals surface area contributed by atoms with Crippen LogP contribution in [0.1, 0.15) is 34.1 Å². The third-order valence-corrected chi connectivity index (χ3v) is 4.00. The van der Waals surface area contributed by atoms with Gasteiger partial charge in [-0.15, -0.1) is 10.2 Å². The SMILES string of the molecule is O=C(O)c1nn(-c2ccc(Cl)nn2)c2c1C[C@H]1C[C@@H]21. The number of halogens is 1. The molecule has 1 fully saturated rings. The topological polar surface area (TPSA) is 80.9 Å². The first kappa shape index (κ1) is 10.9. The lowest BCUT2D eigenvalue weighted by Crippen LogP contribution is -2.06. The summed E-state index contributed by atoms with van der Waals surface area (Å²) in [6.07, 6.45) is 1.92. The molecule has 0 amide bonds. The highest BCUT2D eigenvalue weighted by Crippen LogP contribution is 2.57. The molecule has 1 saturated carbocycles. The molecule has 0 unspecified atom stereocenters. The van der Waals surface area contributed by atoms with E-state index >= 15 is 0 Å². The number of nitrogens with zero attached hydrogens (tertiary/aromatic N) is 4. The van der Waals surface area contributed by atoms with Gasteiger partial charge in [-0.3, -0.25) is 0 Å². The smallest absolute Gasteiger partial charge is 0.356 e. The fourth-order valence-corrected chi connectivity index (χ4v) is 2.98. The molecule has 1 N–H and O–H groups in total. The maximum Gasteiger partial charge on any atom is 0.356 e. The van der Waals surface area contributed by atoms with E-state index in [2.05, 4.69) is 15.3 Å². The number of hydrogen-bond acceptors (Lipinski definition) is 4. The molecule has 2 atom stereocenters. The van der Waals surface area contributed by atoms with Crippen molar-refractivity contribution in [2.45, 2.75) is 18.8 Å². The Balaban J connectivity index is 1.91. The first-order valence-electron chi connectivity index (χ1n) is 6.00. The van der Waals surface area contributed by atoms with E-state index in [9.17, 15) is 9.90 Å². The summed E-state index contributed by atoms with van der Waals surface area (Å²) < 4.78 is 1.61. The van der Waals surface area contributed by atoms with Crippen LogP contribution in [0.3, 0.4) is 0 Å². The molecule has 0 bridgehead atoms. The van der Waals surface area contributed by atoms with Crippen molar-refractivity contribution < 1.29 is 9.90 Å². The predicted octanol–water partition coefficient (Wildman–Crippen LogP) is 1.67. The van der Waals surface area contributed by atoms with E-state index in [1.54, 1.807) is 16.8 Å². The van der Waals surface area contributed by atoms with Crippen molar-refractivity contribution in [3.63, 3.8) is 0 Å². The normalized spacial score (nSPS) is 23.0. The third-order valence-electron chi connectivity index (χ3n) is 3.80. The van der Waals surface area contributed by atoms with Gasteiger partial charge in [0.15, 0.2) is 16.7 Å². The molecule has 19 heavy (non-hydrogen) atoms. The van der Waals surface area contributed by atoms with Gasteiger partial charge >= 0.3 is 5.97 Å². The molecule has 2 aliphatic rings. The molecule has 6 nitrogen and oxygen atoms in total. The van der Waals surface area contributed by atoms with E-state index in [0.29, 0.717) is 22.8 Å². The summed E-state index contributed by atoms with van der Waals surface area (Å²) in [5, 5.41) is 21.5. The maximum absolute atomic E-state index is 11.2. The lowest BCUT2D eigenvalue weighted by atomic mass is 10.1. The Morgan fingerprint density at radius 2 is 2.26 bits per heavy atom. The fourth-order valence-electron chi connectivity index (χ4n) is 2.88. The van der Waals surface area contributed by atoms with Gasteiger partial charge in [-0.1, -0.05) is 11.6 Å². The Morgan fingerprint density at radius 1 is 1.42 bits per heavy atom. The van der Waals surface area contributed by atoms with Crippen molar-refractivity contribution in [3.05, 3.63) is 34.2 Å². The minimum absolute atomic E-state index is 0.138. The average molecular weight is 277 g/mol. The van der Waals surface area contributed by atoms with Crippen molar-refractivity contribution >= 4 is 17.6 Å². The van der Waals surface area contributed by atoms with Crippen LogP contribution in [0.2, 0.25) is 5.15 Å². The second kappa shape index (κ2) is 3.54. The monoisotopic (exact) mass is 276 g/mol. The highest BCUT2D eigenvalue weighted by Gasteiger charge is 2.50. The predicted molar refractivity (Wildman–Crippen MR) is 65.7 cm³/mol. The fraction of sp³-hybridized carbons (Fsp3) is 0.333. The molecule has 0 spiro atoms. The highest BCUT2D eigenvalue weighted by molar-refractivity contribution is 6.29. The van der Waals surface area contributed by atoms with E-state index < -0.39 is 5.97 Å². The Morgan fingerprint density at radius 3 is 2.95 bits per heavy atom. The van der Waals surface area contributed by atoms with Crippen molar-refractivity contribution in [1.29, 1.82) is 0 Å². The molecule has 2 heterocycles. The van der Waals surface area contributed by atoms with Crippen molar-refractivity contribution in [2.24, 2.45) is 5.92 Å². The number of carboxylic acids is 1. The van der Waals surface area contributed by atoms with Gasteiger partial charge in [0.05, 0.1) is 5.69 Å². The number of aromatic nitrogens is 4. The summed E-state index contributed by atoms with van der Waals surface area (Å²) in [7, 11) is 0. The molecule has 7 heteroatoms. The molecule has 0 aromatic carbocycles. The second-order valence-electron chi connectivity index (χ2n) is 4.95. The molecular weight excluding hydrogens is 268 g/mol. The molecule has 2 aromatic heterocycles. The average Bonchev–Trinajstić information content (AvgIpc) is 2.89. The minimum Gasteiger partial charge on any atom is -0.476 e. The second-order valence-corrected chi connectivity index (χ2v) is 5.34. The third kappa shape index (κ3) is 1.49. The van der Waals surface area contributed by atoms with Gasteiger partial charge in [0.2, 0.25) is 0 Å². The zero-order chi connectivity index (χ0) is 13.1. The van der Waals surface area contributed by atoms with E-state index in [1.165, 1.54) is 0 Å². The van der Waals surface area contributed by atoms with Crippen LogP contribution >= 0.6 is 11.6 Å². The van der Waals surface area contributed by atoms with Crippen molar-refractivity contribution in [2.75, 3.05) is 0 Å². The number of hydrogen-bond donors (Lipinski definition) is 1. The molecular formula is C12H9ClN4O2. The van der Waals surface area contributed by atoms with E-state index in [1.807, 2.05) is 0 Å². The van der Waals surface area contributed by atoms with Gasteiger partial charge < -0.3 is 5.11 Å². The molecule has 0 saturated heterocycles. The van der Waals surface area contributed by atoms with Crippen molar-refractivity contribution in [3.8, 4) is 5.82 Å². The van der Waals surface area contributed by atoms with Crippen LogP contribution < -0.4 is 0 Å². The zero-order valence-electron chi connectivity index (χ0n) is 9.75. The van der Waals surface area contributed by atoms with Gasteiger partial charge in [-0.05, 0) is 30.9 Å². The first-order valence-corrected chi connectivity index (χ1v) is 6.37. The molecule has 0 radical (unpaired) electrons. The first-order chi connectivity index (χ1) is 9.15. The Labute approximate surface area is 113 Å². The minimum atomic E-state index is -0.988. The molecule has 96 valence electrons. The van der Waals surface area contributed by atoms with Crippen LogP contribution in [0.4, 0.5) is 0 Å². The molecule has 4 rings (SSSR count). The summed E-state index contributed by atoms with van der Waals surface area (Å²) in [6, 6.07) is 3.32. The number of carboxylic acid groups (broad SMARTS) is 1. The van der Waals surface area contributed by atoms with Crippen LogP contribution in [0.15, 0.2) is 12.1 Å². The number of carbonyl (C=O) groups is 1. The summed E-state index contributed by atoms with van der Waals surface area (Å²) in [6.45, 7) is 0. The number of aromatic carboxylic acids is 1. The Hall–Kier alpha value is -1.95. The molecule has 0 aliphatic heterocycles. The molecule has 2 aromatic rings. The van der Waals surface area contributed by atoms with Gasteiger partial charge in [0.1, 0.15) is 0 Å². The van der Waals surface area contributed by atoms with Crippen LogP contribution in [-0.4, -0.2) is 31.1 Å². The van der Waals surface area contributed by atoms with E-state index in [-0.39, 0.29) is 5.69 Å². The zero-order valence-corrected chi connectivity index (χ0v) is 10.5. The maximum atomic E-state index is 11.2. The Bertz CT molecular complexity index is 695. The van der Waals surface area contributed by atoms with Gasteiger partial charge in [-0.25, -0.2) is 9.48 Å². The van der Waals surface area contributed by atoms with Gasteiger partial charge in [-0.2, -0.15) is 5.10 Å². The highest BCUT2D eigenvalue weighted by atomic mass is 35.5. The standard InChI is InChI=1S/C12H9ClN4O2/c13-8-1-2-9(15-14-8)17-11-6-3-5(6)4-7(11)10(16-17)12(18)19/h1-2,5-6H,3-4H2,(H,18,19)/t5-,6-/m1/s1.